The molecular weight excluding hydrogens is 334 g/mol. The zero-order valence-electron chi connectivity index (χ0n) is 13.5. The van der Waals surface area contributed by atoms with E-state index in [1.165, 1.54) is 29.3 Å². The van der Waals surface area contributed by atoms with Crippen molar-refractivity contribution in [2.45, 2.75) is 18.6 Å². The van der Waals surface area contributed by atoms with E-state index in [1.807, 2.05) is 49.5 Å². The first-order valence-electron chi connectivity index (χ1n) is 7.99. The van der Waals surface area contributed by atoms with Gasteiger partial charge in [0.05, 0.1) is 5.25 Å². The van der Waals surface area contributed by atoms with Gasteiger partial charge in [-0.05, 0) is 34.4 Å². The summed E-state index contributed by atoms with van der Waals surface area (Å²) in [5.74, 6) is 0.815. The van der Waals surface area contributed by atoms with Crippen molar-refractivity contribution in [2.24, 2.45) is 4.40 Å². The molecule has 122 valence electrons. The van der Waals surface area contributed by atoms with E-state index in [2.05, 4.69) is 28.7 Å². The van der Waals surface area contributed by atoms with Crippen LogP contribution >= 0.6 is 23.7 Å². The minimum atomic E-state index is 0.0548. The van der Waals surface area contributed by atoms with Gasteiger partial charge in [0.1, 0.15) is 0 Å². The van der Waals surface area contributed by atoms with E-state index in [9.17, 15) is 4.79 Å². The highest BCUT2D eigenvalue weighted by atomic mass is 32.2. The van der Waals surface area contributed by atoms with Crippen LogP contribution in [-0.2, 0) is 4.79 Å². The molecule has 2 aromatic rings. The molecule has 24 heavy (non-hydrogen) atoms. The van der Waals surface area contributed by atoms with E-state index in [0.717, 1.165) is 22.5 Å². The van der Waals surface area contributed by atoms with Crippen LogP contribution in [0.25, 0.3) is 11.1 Å². The second kappa shape index (κ2) is 8.36. The fourth-order valence-electron chi connectivity index (χ4n) is 2.77. The smallest absolute Gasteiger partial charge is 0.190 e. The van der Waals surface area contributed by atoms with Crippen molar-refractivity contribution in [1.29, 1.82) is 0 Å². The molecule has 3 rings (SSSR count). The Labute approximate surface area is 151 Å². The van der Waals surface area contributed by atoms with E-state index in [4.69, 9.17) is 0 Å². The lowest BCUT2D eigenvalue weighted by atomic mass is 9.91. The molecule has 0 amide bonds. The summed E-state index contributed by atoms with van der Waals surface area (Å²) in [6.07, 6.45) is 2.43. The van der Waals surface area contributed by atoms with Crippen molar-refractivity contribution >= 4 is 46.2 Å². The maximum Gasteiger partial charge on any atom is 0.190 e. The Bertz CT molecular complexity index is 754. The normalized spacial score (nSPS) is 17.1. The summed E-state index contributed by atoms with van der Waals surface area (Å²) in [4.78, 5) is 12.2. The van der Waals surface area contributed by atoms with Gasteiger partial charge in [-0.2, -0.15) is 0 Å². The van der Waals surface area contributed by atoms with Crippen molar-refractivity contribution in [3.63, 3.8) is 0 Å². The van der Waals surface area contributed by atoms with Crippen LogP contribution in [0.5, 0.6) is 0 Å². The van der Waals surface area contributed by atoms with E-state index in [0.29, 0.717) is 6.42 Å². The lowest BCUT2D eigenvalue weighted by Crippen LogP contribution is -2.15. The summed E-state index contributed by atoms with van der Waals surface area (Å²) in [5.41, 5.74) is 4.61. The molecule has 0 N–H and O–H groups in total. The minimum Gasteiger partial charge on any atom is -0.287 e. The molecule has 2 aromatic carbocycles. The standard InChI is InChI=1S/C20H19NOS2/c1-2-23-19(22)13-18-20(16-11-7-4-8-12-16)17(14-21-24-18)15-9-5-3-6-10-15/h3-12,14,18H,2,13H2,1H3. The van der Waals surface area contributed by atoms with Crippen LogP contribution in [0.2, 0.25) is 0 Å². The lowest BCUT2D eigenvalue weighted by molar-refractivity contribution is -0.110. The maximum absolute atomic E-state index is 12.2. The van der Waals surface area contributed by atoms with Crippen LogP contribution in [0.3, 0.4) is 0 Å². The number of benzene rings is 2. The lowest BCUT2D eigenvalue weighted by Gasteiger charge is -2.24. The fourth-order valence-corrected chi connectivity index (χ4v) is 4.39. The number of carbonyl (C=O) groups excluding carboxylic acids is 1. The Hall–Kier alpha value is -1.78. The Morgan fingerprint density at radius 3 is 2.29 bits per heavy atom. The number of hydrogen-bond acceptors (Lipinski definition) is 4. The van der Waals surface area contributed by atoms with Gasteiger partial charge in [-0.1, -0.05) is 79.3 Å². The summed E-state index contributed by atoms with van der Waals surface area (Å²) in [7, 11) is 0. The molecule has 1 atom stereocenters. The van der Waals surface area contributed by atoms with Gasteiger partial charge < -0.3 is 0 Å². The van der Waals surface area contributed by atoms with Crippen molar-refractivity contribution in [3.05, 3.63) is 71.8 Å². The third-order valence-corrected chi connectivity index (χ3v) is 5.47. The molecule has 1 heterocycles. The van der Waals surface area contributed by atoms with E-state index < -0.39 is 0 Å². The van der Waals surface area contributed by atoms with Gasteiger partial charge >= 0.3 is 0 Å². The SMILES string of the molecule is CCSC(=O)CC1SN=CC(c2ccccc2)=C1c1ccccc1. The van der Waals surface area contributed by atoms with Crippen LogP contribution in [0.4, 0.5) is 0 Å². The van der Waals surface area contributed by atoms with Crippen molar-refractivity contribution in [1.82, 2.24) is 0 Å². The average Bonchev–Trinajstić information content (AvgIpc) is 2.63. The third-order valence-electron chi connectivity index (χ3n) is 3.81. The van der Waals surface area contributed by atoms with Gasteiger partial charge in [0.25, 0.3) is 0 Å². The molecule has 0 saturated heterocycles. The predicted octanol–water partition coefficient (Wildman–Crippen LogP) is 5.37. The largest absolute Gasteiger partial charge is 0.287 e. The minimum absolute atomic E-state index is 0.0548. The molecule has 0 fully saturated rings. The summed E-state index contributed by atoms with van der Waals surface area (Å²) in [6.45, 7) is 2.01. The van der Waals surface area contributed by atoms with Crippen molar-refractivity contribution in [2.75, 3.05) is 5.75 Å². The van der Waals surface area contributed by atoms with Crippen LogP contribution in [0.1, 0.15) is 24.5 Å². The molecule has 0 aliphatic carbocycles. The first kappa shape index (κ1) is 17.1. The van der Waals surface area contributed by atoms with Gasteiger partial charge in [-0.25, -0.2) is 4.40 Å². The molecule has 1 aliphatic heterocycles. The number of rotatable bonds is 5. The first-order chi connectivity index (χ1) is 11.8. The molecule has 0 saturated carbocycles. The molecule has 1 aliphatic rings. The van der Waals surface area contributed by atoms with Crippen LogP contribution in [0, 0.1) is 0 Å². The Balaban J connectivity index is 2.06. The summed E-state index contributed by atoms with van der Waals surface area (Å²) >= 11 is 2.89. The van der Waals surface area contributed by atoms with Gasteiger partial charge in [-0.3, -0.25) is 4.79 Å². The van der Waals surface area contributed by atoms with Gasteiger partial charge in [-0.15, -0.1) is 0 Å². The fraction of sp³-hybridized carbons (Fsp3) is 0.200. The van der Waals surface area contributed by atoms with Crippen molar-refractivity contribution < 1.29 is 4.79 Å². The highest BCUT2D eigenvalue weighted by molar-refractivity contribution is 8.13. The molecule has 0 spiro atoms. The Kier molecular flexibility index (Phi) is 5.94. The van der Waals surface area contributed by atoms with Crippen LogP contribution < -0.4 is 0 Å². The van der Waals surface area contributed by atoms with Gasteiger partial charge in [0.2, 0.25) is 0 Å². The topological polar surface area (TPSA) is 29.4 Å². The summed E-state index contributed by atoms with van der Waals surface area (Å²) < 4.78 is 4.48. The zero-order chi connectivity index (χ0) is 16.8. The van der Waals surface area contributed by atoms with Gasteiger partial charge in [0.15, 0.2) is 5.12 Å². The van der Waals surface area contributed by atoms with Crippen LogP contribution in [0.15, 0.2) is 65.1 Å². The number of hydrogen-bond donors (Lipinski definition) is 0. The number of carbonyl (C=O) groups is 1. The molecule has 0 aromatic heterocycles. The first-order valence-corrected chi connectivity index (χ1v) is 9.81. The quantitative estimate of drug-likeness (QED) is 0.677. The second-order valence-electron chi connectivity index (χ2n) is 5.40. The molecule has 1 unspecified atom stereocenters. The second-order valence-corrected chi connectivity index (χ2v) is 7.71. The highest BCUT2D eigenvalue weighted by Crippen LogP contribution is 2.40. The summed E-state index contributed by atoms with van der Waals surface area (Å²) in [6, 6.07) is 20.6. The number of nitrogens with zero attached hydrogens (tertiary/aromatic N) is 1. The molecule has 0 radical (unpaired) electrons. The molecule has 2 nitrogen and oxygen atoms in total. The summed E-state index contributed by atoms with van der Waals surface area (Å²) in [5, 5.41) is 0.284. The average molecular weight is 354 g/mol. The van der Waals surface area contributed by atoms with Crippen LogP contribution in [-0.4, -0.2) is 22.3 Å². The Morgan fingerprint density at radius 1 is 1.04 bits per heavy atom. The van der Waals surface area contributed by atoms with Crippen molar-refractivity contribution in [3.8, 4) is 0 Å². The monoisotopic (exact) mass is 353 g/mol. The number of allylic oxidation sites excluding steroid dienone is 1. The van der Waals surface area contributed by atoms with E-state index in [1.54, 1.807) is 0 Å². The highest BCUT2D eigenvalue weighted by Gasteiger charge is 2.26. The zero-order valence-corrected chi connectivity index (χ0v) is 15.1. The van der Waals surface area contributed by atoms with E-state index in [-0.39, 0.29) is 10.4 Å². The number of thioether (sulfide) groups is 1. The molecule has 4 heteroatoms. The predicted molar refractivity (Wildman–Crippen MR) is 107 cm³/mol. The van der Waals surface area contributed by atoms with Gasteiger partial charge in [0, 0.05) is 18.2 Å². The van der Waals surface area contributed by atoms with E-state index >= 15 is 0 Å². The molecular formula is C20H19NOS2. The molecule has 0 bridgehead atoms. The maximum atomic E-state index is 12.2. The third kappa shape index (κ3) is 4.00. The Morgan fingerprint density at radius 2 is 1.67 bits per heavy atom.